The number of rotatable bonds is 6. The molecule has 0 unspecified atom stereocenters. The van der Waals surface area contributed by atoms with E-state index in [2.05, 4.69) is 53.7 Å². The van der Waals surface area contributed by atoms with Gasteiger partial charge in [0.15, 0.2) is 5.11 Å². The minimum absolute atomic E-state index is 0.760. The largest absolute Gasteiger partial charge is 0.363 e. The van der Waals surface area contributed by atoms with Gasteiger partial charge in [0.25, 0.3) is 0 Å². The van der Waals surface area contributed by atoms with Crippen molar-refractivity contribution in [3.8, 4) is 0 Å². The lowest BCUT2D eigenvalue weighted by Gasteiger charge is -2.10. The molecule has 2 rings (SSSR count). The van der Waals surface area contributed by atoms with Crippen LogP contribution in [0.25, 0.3) is 10.9 Å². The van der Waals surface area contributed by atoms with E-state index in [-0.39, 0.29) is 0 Å². The van der Waals surface area contributed by atoms with Crippen LogP contribution in [-0.2, 0) is 6.42 Å². The van der Waals surface area contributed by atoms with Crippen LogP contribution in [0.15, 0.2) is 24.3 Å². The molecule has 0 atom stereocenters. The average Bonchev–Trinajstić information content (AvgIpc) is 2.75. The van der Waals surface area contributed by atoms with Crippen molar-refractivity contribution >= 4 is 28.2 Å². The van der Waals surface area contributed by atoms with Crippen molar-refractivity contribution in [1.29, 1.82) is 0 Å². The van der Waals surface area contributed by atoms with Gasteiger partial charge < -0.3 is 15.6 Å². The van der Waals surface area contributed by atoms with Crippen LogP contribution in [0.1, 0.15) is 31.0 Å². The molecule has 3 N–H and O–H groups in total. The van der Waals surface area contributed by atoms with Crippen LogP contribution in [0.4, 0.5) is 0 Å². The van der Waals surface area contributed by atoms with E-state index in [1.807, 2.05) is 0 Å². The molecular formula is C16H23N3S. The van der Waals surface area contributed by atoms with Crippen LogP contribution in [0.5, 0.6) is 0 Å². The molecule has 20 heavy (non-hydrogen) atoms. The Balaban J connectivity index is 1.87. The molecule has 0 spiro atoms. The highest BCUT2D eigenvalue weighted by Gasteiger charge is 2.07. The van der Waals surface area contributed by atoms with Crippen molar-refractivity contribution in [3.05, 3.63) is 35.5 Å². The third-order valence-corrected chi connectivity index (χ3v) is 3.79. The van der Waals surface area contributed by atoms with Crippen molar-refractivity contribution in [2.24, 2.45) is 0 Å². The van der Waals surface area contributed by atoms with Crippen LogP contribution in [0.3, 0.4) is 0 Å². The van der Waals surface area contributed by atoms with Gasteiger partial charge in [0, 0.05) is 29.7 Å². The fourth-order valence-corrected chi connectivity index (χ4v) is 2.60. The van der Waals surface area contributed by atoms with Crippen molar-refractivity contribution in [2.45, 2.75) is 33.1 Å². The van der Waals surface area contributed by atoms with Gasteiger partial charge in [0.1, 0.15) is 0 Å². The second kappa shape index (κ2) is 7.29. The molecule has 0 fully saturated rings. The fourth-order valence-electron chi connectivity index (χ4n) is 2.40. The van der Waals surface area contributed by atoms with Gasteiger partial charge in [-0.1, -0.05) is 31.5 Å². The Morgan fingerprint density at radius 3 is 2.75 bits per heavy atom. The van der Waals surface area contributed by atoms with E-state index in [0.29, 0.717) is 0 Å². The first-order valence-electron chi connectivity index (χ1n) is 7.30. The summed E-state index contributed by atoms with van der Waals surface area (Å²) in [5, 5.41) is 8.58. The molecule has 0 bridgehead atoms. The summed E-state index contributed by atoms with van der Waals surface area (Å²) in [5.74, 6) is 0. The summed E-state index contributed by atoms with van der Waals surface area (Å²) in [5.41, 5.74) is 3.84. The molecule has 2 aromatic rings. The second-order valence-corrected chi connectivity index (χ2v) is 5.47. The summed E-state index contributed by atoms with van der Waals surface area (Å²) in [6.45, 7) is 6.13. The summed E-state index contributed by atoms with van der Waals surface area (Å²) >= 11 is 5.26. The lowest BCUT2D eigenvalue weighted by atomic mass is 10.1. The number of H-pyrrole nitrogens is 1. The van der Waals surface area contributed by atoms with Crippen molar-refractivity contribution in [2.75, 3.05) is 13.1 Å². The standard InChI is InChI=1S/C16H23N3S/c1-3-4-10-17-16(20)18-11-9-13-12(2)19-15-8-6-5-7-14(13)15/h5-8,19H,3-4,9-11H2,1-2H3,(H2,17,18,20). The maximum atomic E-state index is 5.26. The van der Waals surface area contributed by atoms with E-state index >= 15 is 0 Å². The number of hydrogen-bond donors (Lipinski definition) is 3. The van der Waals surface area contributed by atoms with Crippen LogP contribution in [0.2, 0.25) is 0 Å². The number of nitrogens with one attached hydrogen (secondary N) is 3. The zero-order valence-electron chi connectivity index (χ0n) is 12.3. The summed E-state index contributed by atoms with van der Waals surface area (Å²) < 4.78 is 0. The highest BCUT2D eigenvalue weighted by molar-refractivity contribution is 7.80. The summed E-state index contributed by atoms with van der Waals surface area (Å²) in [6.07, 6.45) is 3.32. The topological polar surface area (TPSA) is 39.8 Å². The zero-order valence-corrected chi connectivity index (χ0v) is 13.1. The molecule has 0 saturated carbocycles. The molecule has 0 aliphatic heterocycles. The van der Waals surface area contributed by atoms with Crippen LogP contribution < -0.4 is 10.6 Å². The third-order valence-electron chi connectivity index (χ3n) is 3.50. The third kappa shape index (κ3) is 3.73. The molecule has 108 valence electrons. The van der Waals surface area contributed by atoms with Crippen molar-refractivity contribution in [3.63, 3.8) is 0 Å². The quantitative estimate of drug-likeness (QED) is 0.564. The fraction of sp³-hybridized carbons (Fsp3) is 0.438. The Labute approximate surface area is 126 Å². The number of aryl methyl sites for hydroxylation is 1. The Morgan fingerprint density at radius 2 is 1.95 bits per heavy atom. The van der Waals surface area contributed by atoms with Gasteiger partial charge in [0.05, 0.1) is 0 Å². The maximum Gasteiger partial charge on any atom is 0.166 e. The Kier molecular flexibility index (Phi) is 5.41. The molecular weight excluding hydrogens is 266 g/mol. The molecule has 0 saturated heterocycles. The summed E-state index contributed by atoms with van der Waals surface area (Å²) in [7, 11) is 0. The maximum absolute atomic E-state index is 5.26. The second-order valence-electron chi connectivity index (χ2n) is 5.06. The molecule has 3 nitrogen and oxygen atoms in total. The molecule has 0 aliphatic carbocycles. The van der Waals surface area contributed by atoms with Crippen LogP contribution in [0, 0.1) is 6.92 Å². The van der Waals surface area contributed by atoms with Gasteiger partial charge in [-0.3, -0.25) is 0 Å². The summed E-state index contributed by atoms with van der Waals surface area (Å²) in [4.78, 5) is 3.43. The van der Waals surface area contributed by atoms with E-state index in [1.54, 1.807) is 0 Å². The first kappa shape index (κ1) is 14.9. The molecule has 1 heterocycles. The SMILES string of the molecule is CCCCNC(=S)NCCc1c(C)[nH]c2ccccc12. The number of para-hydroxylation sites is 1. The van der Waals surface area contributed by atoms with Gasteiger partial charge in [-0.05, 0) is 43.6 Å². The van der Waals surface area contributed by atoms with Gasteiger partial charge in [-0.2, -0.15) is 0 Å². The van der Waals surface area contributed by atoms with Crippen LogP contribution in [-0.4, -0.2) is 23.2 Å². The highest BCUT2D eigenvalue weighted by Crippen LogP contribution is 2.21. The molecule has 0 aliphatic rings. The monoisotopic (exact) mass is 289 g/mol. The first-order chi connectivity index (χ1) is 9.72. The van der Waals surface area contributed by atoms with E-state index in [1.165, 1.54) is 28.6 Å². The van der Waals surface area contributed by atoms with Gasteiger partial charge in [-0.25, -0.2) is 0 Å². The number of aromatic amines is 1. The van der Waals surface area contributed by atoms with Gasteiger partial charge in [-0.15, -0.1) is 0 Å². The lowest BCUT2D eigenvalue weighted by molar-refractivity contribution is 0.737. The van der Waals surface area contributed by atoms with Crippen molar-refractivity contribution < 1.29 is 0 Å². The minimum Gasteiger partial charge on any atom is -0.363 e. The Morgan fingerprint density at radius 1 is 1.20 bits per heavy atom. The molecule has 0 amide bonds. The first-order valence-corrected chi connectivity index (χ1v) is 7.71. The Hall–Kier alpha value is -1.55. The van der Waals surface area contributed by atoms with Crippen LogP contribution >= 0.6 is 12.2 Å². The number of thiocarbonyl (C=S) groups is 1. The molecule has 4 heteroatoms. The number of fused-ring (bicyclic) bond motifs is 1. The minimum atomic E-state index is 0.760. The van der Waals surface area contributed by atoms with E-state index in [9.17, 15) is 0 Å². The van der Waals surface area contributed by atoms with Gasteiger partial charge >= 0.3 is 0 Å². The summed E-state index contributed by atoms with van der Waals surface area (Å²) in [6, 6.07) is 8.44. The predicted octanol–water partition coefficient (Wildman–Crippen LogP) is 3.28. The highest BCUT2D eigenvalue weighted by atomic mass is 32.1. The molecule has 1 aromatic carbocycles. The number of aromatic nitrogens is 1. The Bertz CT molecular complexity index is 574. The number of hydrogen-bond acceptors (Lipinski definition) is 1. The lowest BCUT2D eigenvalue weighted by Crippen LogP contribution is -2.36. The van der Waals surface area contributed by atoms with Crippen molar-refractivity contribution in [1.82, 2.24) is 15.6 Å². The predicted molar refractivity (Wildman–Crippen MR) is 90.3 cm³/mol. The van der Waals surface area contributed by atoms with E-state index in [4.69, 9.17) is 12.2 Å². The zero-order chi connectivity index (χ0) is 14.4. The number of benzene rings is 1. The van der Waals surface area contributed by atoms with Gasteiger partial charge in [0.2, 0.25) is 0 Å². The molecule has 0 radical (unpaired) electrons. The molecule has 1 aromatic heterocycles. The average molecular weight is 289 g/mol. The number of unbranched alkanes of at least 4 members (excludes halogenated alkanes) is 1. The van der Waals surface area contributed by atoms with E-state index < -0.39 is 0 Å². The van der Waals surface area contributed by atoms with E-state index in [0.717, 1.165) is 31.0 Å². The smallest absolute Gasteiger partial charge is 0.166 e. The normalized spacial score (nSPS) is 10.7.